The molecule has 2 N–H and O–H groups in total. The van der Waals surface area contributed by atoms with Crippen LogP contribution < -0.4 is 15.6 Å². The number of benzene rings is 2. The number of thioether (sulfide) groups is 1. The number of nitrogens with one attached hydrogen (secondary N) is 2. The second-order valence-corrected chi connectivity index (χ2v) is 6.43. The normalized spacial score (nSPS) is 10.1. The molecule has 0 aromatic heterocycles. The zero-order chi connectivity index (χ0) is 18.9. The smallest absolute Gasteiger partial charge is 0.269 e. The van der Waals surface area contributed by atoms with E-state index in [9.17, 15) is 14.4 Å². The first-order valence-corrected chi connectivity index (χ1v) is 9.06. The van der Waals surface area contributed by atoms with Crippen LogP contribution in [-0.4, -0.2) is 30.5 Å². The Hall–Kier alpha value is -2.80. The van der Waals surface area contributed by atoms with Gasteiger partial charge in [-0.3, -0.25) is 25.2 Å². The van der Waals surface area contributed by atoms with Gasteiger partial charge in [0.2, 0.25) is 5.91 Å². The molecule has 2 aromatic carbocycles. The zero-order valence-corrected chi connectivity index (χ0v) is 15.4. The minimum atomic E-state index is -0.375. The molecule has 0 saturated heterocycles. The number of amides is 2. The summed E-state index contributed by atoms with van der Waals surface area (Å²) >= 11 is 1.36. The highest BCUT2D eigenvalue weighted by atomic mass is 32.2. The Morgan fingerprint density at radius 1 is 1.00 bits per heavy atom. The summed E-state index contributed by atoms with van der Waals surface area (Å²) in [6.45, 7) is 1.50. The van der Waals surface area contributed by atoms with E-state index in [0.29, 0.717) is 22.6 Å². The largest absolute Gasteiger partial charge is 0.496 e. The third-order valence-corrected chi connectivity index (χ3v) is 4.51. The molecule has 0 aliphatic rings. The number of methoxy groups -OCH3 is 1. The molecule has 26 heavy (non-hydrogen) atoms. The number of hydrogen-bond acceptors (Lipinski definition) is 5. The highest BCUT2D eigenvalue weighted by Gasteiger charge is 2.10. The summed E-state index contributed by atoms with van der Waals surface area (Å²) in [7, 11) is 1.56. The summed E-state index contributed by atoms with van der Waals surface area (Å²) < 4.78 is 5.28. The summed E-state index contributed by atoms with van der Waals surface area (Å²) in [5.74, 6) is 0.605. The molecule has 0 bridgehead atoms. The van der Waals surface area contributed by atoms with Gasteiger partial charge in [0.05, 0.1) is 12.9 Å². The van der Waals surface area contributed by atoms with Gasteiger partial charge in [-0.1, -0.05) is 18.2 Å². The monoisotopic (exact) mass is 372 g/mol. The Bertz CT molecular complexity index is 793. The first-order chi connectivity index (χ1) is 12.5. The van der Waals surface area contributed by atoms with Crippen molar-refractivity contribution in [3.63, 3.8) is 0 Å². The highest BCUT2D eigenvalue weighted by Crippen LogP contribution is 2.24. The van der Waals surface area contributed by atoms with E-state index in [1.807, 2.05) is 0 Å². The molecule has 0 aliphatic heterocycles. The predicted octanol–water partition coefficient (Wildman–Crippen LogP) is 2.59. The van der Waals surface area contributed by atoms with Crippen molar-refractivity contribution in [1.29, 1.82) is 0 Å². The summed E-state index contributed by atoms with van der Waals surface area (Å²) in [5.41, 5.74) is 6.65. The van der Waals surface area contributed by atoms with E-state index >= 15 is 0 Å². The lowest BCUT2D eigenvalue weighted by molar-refractivity contribution is -0.119. The van der Waals surface area contributed by atoms with Crippen molar-refractivity contribution in [2.75, 3.05) is 12.9 Å². The standard InChI is InChI=1S/C19H20N2O4S/c1-13(22)15-8-9-17(25-2)16(10-15)11-26-12-18(23)20-21-19(24)14-6-4-3-5-7-14/h3-10H,11-12H2,1-2H3,(H,20,23)(H,21,24). The lowest BCUT2D eigenvalue weighted by Crippen LogP contribution is -2.42. The molecule has 0 radical (unpaired) electrons. The highest BCUT2D eigenvalue weighted by molar-refractivity contribution is 7.99. The molecular formula is C19H20N2O4S. The molecule has 0 aliphatic carbocycles. The van der Waals surface area contributed by atoms with Crippen molar-refractivity contribution >= 4 is 29.4 Å². The van der Waals surface area contributed by atoms with Gasteiger partial charge in [0.15, 0.2) is 5.78 Å². The van der Waals surface area contributed by atoms with Crippen LogP contribution in [0.15, 0.2) is 48.5 Å². The SMILES string of the molecule is COc1ccc(C(C)=O)cc1CSCC(=O)NNC(=O)c1ccccc1. The lowest BCUT2D eigenvalue weighted by Gasteiger charge is -2.10. The molecule has 0 atom stereocenters. The average molecular weight is 372 g/mol. The molecule has 0 fully saturated rings. The second kappa shape index (κ2) is 9.62. The van der Waals surface area contributed by atoms with Crippen LogP contribution in [0.2, 0.25) is 0 Å². The van der Waals surface area contributed by atoms with Gasteiger partial charge in [0.25, 0.3) is 5.91 Å². The second-order valence-electron chi connectivity index (χ2n) is 5.44. The van der Waals surface area contributed by atoms with Crippen LogP contribution >= 0.6 is 11.8 Å². The van der Waals surface area contributed by atoms with Crippen LogP contribution in [0.25, 0.3) is 0 Å². The van der Waals surface area contributed by atoms with Gasteiger partial charge >= 0.3 is 0 Å². The maximum Gasteiger partial charge on any atom is 0.269 e. The fraction of sp³-hybridized carbons (Fsp3) is 0.211. The fourth-order valence-electron chi connectivity index (χ4n) is 2.19. The van der Waals surface area contributed by atoms with Crippen molar-refractivity contribution in [3.05, 3.63) is 65.2 Å². The van der Waals surface area contributed by atoms with Crippen LogP contribution in [-0.2, 0) is 10.5 Å². The molecule has 136 valence electrons. The number of rotatable bonds is 7. The molecule has 0 spiro atoms. The minimum absolute atomic E-state index is 0.0275. The minimum Gasteiger partial charge on any atom is -0.496 e. The topological polar surface area (TPSA) is 84.5 Å². The van der Waals surface area contributed by atoms with E-state index in [-0.39, 0.29) is 23.4 Å². The maximum absolute atomic E-state index is 11.9. The van der Waals surface area contributed by atoms with Gasteiger partial charge in [-0.05, 0) is 37.3 Å². The van der Waals surface area contributed by atoms with Gasteiger partial charge in [-0.2, -0.15) is 0 Å². The Labute approximate surface area is 156 Å². The van der Waals surface area contributed by atoms with Gasteiger partial charge in [-0.15, -0.1) is 11.8 Å². The molecule has 0 heterocycles. The Morgan fingerprint density at radius 3 is 2.38 bits per heavy atom. The van der Waals surface area contributed by atoms with E-state index < -0.39 is 0 Å². The van der Waals surface area contributed by atoms with E-state index in [4.69, 9.17) is 4.74 Å². The van der Waals surface area contributed by atoms with E-state index in [0.717, 1.165) is 5.56 Å². The Balaban J connectivity index is 1.82. The molecule has 2 aromatic rings. The number of carbonyl (C=O) groups excluding carboxylic acids is 3. The summed E-state index contributed by atoms with van der Waals surface area (Å²) in [6.07, 6.45) is 0. The average Bonchev–Trinajstić information content (AvgIpc) is 2.66. The van der Waals surface area contributed by atoms with E-state index in [2.05, 4.69) is 10.9 Å². The maximum atomic E-state index is 11.9. The van der Waals surface area contributed by atoms with Crippen molar-refractivity contribution in [2.45, 2.75) is 12.7 Å². The van der Waals surface area contributed by atoms with E-state index in [1.54, 1.807) is 55.6 Å². The molecule has 2 amide bonds. The number of hydrogen-bond donors (Lipinski definition) is 2. The van der Waals surface area contributed by atoms with Crippen molar-refractivity contribution in [2.24, 2.45) is 0 Å². The molecule has 0 saturated carbocycles. The van der Waals surface area contributed by atoms with Crippen LogP contribution in [0.4, 0.5) is 0 Å². The van der Waals surface area contributed by atoms with Crippen LogP contribution in [0, 0.1) is 0 Å². The quantitative estimate of drug-likeness (QED) is 0.576. The van der Waals surface area contributed by atoms with Crippen LogP contribution in [0.1, 0.15) is 33.2 Å². The lowest BCUT2D eigenvalue weighted by atomic mass is 10.1. The molecule has 0 unspecified atom stereocenters. The first kappa shape index (κ1) is 19.5. The van der Waals surface area contributed by atoms with Gasteiger partial charge in [-0.25, -0.2) is 0 Å². The number of ketones is 1. The Morgan fingerprint density at radius 2 is 1.73 bits per heavy atom. The zero-order valence-electron chi connectivity index (χ0n) is 14.6. The summed E-state index contributed by atoms with van der Waals surface area (Å²) in [6, 6.07) is 13.8. The molecule has 2 rings (SSSR count). The van der Waals surface area contributed by atoms with Crippen molar-refractivity contribution < 1.29 is 19.1 Å². The summed E-state index contributed by atoms with van der Waals surface area (Å²) in [5, 5.41) is 0. The third kappa shape index (κ3) is 5.63. The van der Waals surface area contributed by atoms with Crippen molar-refractivity contribution in [3.8, 4) is 5.75 Å². The number of ether oxygens (including phenoxy) is 1. The van der Waals surface area contributed by atoms with Gasteiger partial charge < -0.3 is 4.74 Å². The van der Waals surface area contributed by atoms with Crippen molar-refractivity contribution in [1.82, 2.24) is 10.9 Å². The molecular weight excluding hydrogens is 352 g/mol. The molecule has 6 nitrogen and oxygen atoms in total. The van der Waals surface area contributed by atoms with Gasteiger partial charge in [0, 0.05) is 22.4 Å². The predicted molar refractivity (Wildman–Crippen MR) is 101 cm³/mol. The fourth-order valence-corrected chi connectivity index (χ4v) is 2.99. The Kier molecular flexibility index (Phi) is 7.23. The number of Topliss-reactive ketones (excluding diaryl/α,β-unsaturated/α-hetero) is 1. The van der Waals surface area contributed by atoms with Crippen LogP contribution in [0.5, 0.6) is 5.75 Å². The van der Waals surface area contributed by atoms with E-state index in [1.165, 1.54) is 18.7 Å². The first-order valence-electron chi connectivity index (χ1n) is 7.91. The van der Waals surface area contributed by atoms with Crippen LogP contribution in [0.3, 0.4) is 0 Å². The third-order valence-electron chi connectivity index (χ3n) is 3.53. The number of carbonyl (C=O) groups is 3. The number of hydrazine groups is 1. The summed E-state index contributed by atoms with van der Waals surface area (Å²) in [4.78, 5) is 35.2. The molecule has 7 heteroatoms. The van der Waals surface area contributed by atoms with Gasteiger partial charge in [0.1, 0.15) is 5.75 Å².